The van der Waals surface area contributed by atoms with Crippen molar-refractivity contribution >= 4 is 5.91 Å². The minimum Gasteiger partial charge on any atom is -0.368 e. The Morgan fingerprint density at radius 1 is 1.23 bits per heavy atom. The number of carbonyl (C=O) groups excluding carboxylic acids is 1. The fraction of sp³-hybridized carbons (Fsp3) is 0.474. The van der Waals surface area contributed by atoms with Crippen LogP contribution in [0.1, 0.15) is 18.4 Å². The number of halogens is 1. The highest BCUT2D eigenvalue weighted by Gasteiger charge is 2.30. The van der Waals surface area contributed by atoms with E-state index in [1.807, 2.05) is 11.1 Å². The fourth-order valence-electron chi connectivity index (χ4n) is 3.64. The number of amides is 1. The molecule has 0 aliphatic carbocycles. The fourth-order valence-corrected chi connectivity index (χ4v) is 3.64. The summed E-state index contributed by atoms with van der Waals surface area (Å²) in [6.45, 7) is 4.55. The first kappa shape index (κ1) is 17.2. The van der Waals surface area contributed by atoms with Crippen LogP contribution in [0.4, 0.5) is 4.39 Å². The predicted octanol–water partition coefficient (Wildman–Crippen LogP) is 2.04. The first-order valence-corrected chi connectivity index (χ1v) is 9.11. The maximum Gasteiger partial charge on any atom is 0.251 e. The van der Waals surface area contributed by atoms with Gasteiger partial charge in [0.2, 0.25) is 0 Å². The highest BCUT2D eigenvalue weighted by atomic mass is 19.1. The Hall–Kier alpha value is -2.25. The lowest BCUT2D eigenvalue weighted by atomic mass is 10.1. The minimum absolute atomic E-state index is 0.137. The number of aromatic amines is 1. The second kappa shape index (κ2) is 7.55. The number of piperazine rings is 1. The summed E-state index contributed by atoms with van der Waals surface area (Å²) in [7, 11) is 0. The number of rotatable bonds is 4. The molecule has 4 rings (SSSR count). The highest BCUT2D eigenvalue weighted by molar-refractivity contribution is 5.81. The van der Waals surface area contributed by atoms with Gasteiger partial charge in [-0.25, -0.2) is 4.39 Å². The van der Waals surface area contributed by atoms with E-state index in [4.69, 9.17) is 4.74 Å². The molecular formula is C19H23FN4O2. The molecule has 2 aliphatic rings. The monoisotopic (exact) mass is 358 g/mol. The van der Waals surface area contributed by atoms with E-state index in [1.54, 1.807) is 12.1 Å². The van der Waals surface area contributed by atoms with E-state index in [2.05, 4.69) is 15.1 Å². The van der Waals surface area contributed by atoms with Crippen molar-refractivity contribution in [2.75, 3.05) is 32.8 Å². The molecule has 6 nitrogen and oxygen atoms in total. The number of nitrogens with one attached hydrogen (secondary N) is 1. The largest absolute Gasteiger partial charge is 0.368 e. The highest BCUT2D eigenvalue weighted by Crippen LogP contribution is 2.23. The summed E-state index contributed by atoms with van der Waals surface area (Å²) in [5.41, 5.74) is 2.92. The van der Waals surface area contributed by atoms with E-state index >= 15 is 0 Å². The van der Waals surface area contributed by atoms with Crippen LogP contribution in [0.3, 0.4) is 0 Å². The Balaban J connectivity index is 1.36. The van der Waals surface area contributed by atoms with Crippen molar-refractivity contribution in [1.29, 1.82) is 0 Å². The van der Waals surface area contributed by atoms with Gasteiger partial charge in [0.1, 0.15) is 11.9 Å². The van der Waals surface area contributed by atoms with Crippen molar-refractivity contribution in [1.82, 2.24) is 20.0 Å². The van der Waals surface area contributed by atoms with E-state index in [-0.39, 0.29) is 17.8 Å². The molecule has 0 saturated carbocycles. The molecular weight excluding hydrogens is 335 g/mol. The van der Waals surface area contributed by atoms with Crippen LogP contribution >= 0.6 is 0 Å². The van der Waals surface area contributed by atoms with Gasteiger partial charge < -0.3 is 9.64 Å². The average molecular weight is 358 g/mol. The second-order valence-corrected chi connectivity index (χ2v) is 6.88. The molecule has 2 aliphatic heterocycles. The normalized spacial score (nSPS) is 21.3. The molecule has 26 heavy (non-hydrogen) atoms. The molecule has 1 amide bonds. The third kappa shape index (κ3) is 3.64. The molecule has 0 bridgehead atoms. The van der Waals surface area contributed by atoms with Crippen LogP contribution in [0, 0.1) is 5.82 Å². The molecule has 1 aromatic heterocycles. The first-order chi connectivity index (χ1) is 12.7. The Bertz CT molecular complexity index is 747. The van der Waals surface area contributed by atoms with Crippen LogP contribution in [0.5, 0.6) is 0 Å². The molecule has 0 unspecified atom stereocenters. The number of ether oxygens (including phenoxy) is 1. The number of benzene rings is 1. The van der Waals surface area contributed by atoms with E-state index in [1.165, 1.54) is 12.1 Å². The Morgan fingerprint density at radius 2 is 2.00 bits per heavy atom. The smallest absolute Gasteiger partial charge is 0.251 e. The van der Waals surface area contributed by atoms with Gasteiger partial charge in [-0.2, -0.15) is 5.10 Å². The van der Waals surface area contributed by atoms with E-state index in [0.717, 1.165) is 62.4 Å². The number of aromatic nitrogens is 2. The summed E-state index contributed by atoms with van der Waals surface area (Å²) in [6, 6.07) is 6.42. The van der Waals surface area contributed by atoms with Crippen LogP contribution in [0.25, 0.3) is 11.3 Å². The summed E-state index contributed by atoms with van der Waals surface area (Å²) in [6.07, 6.45) is 3.40. The molecule has 1 aromatic carbocycles. The molecule has 0 spiro atoms. The number of H-pyrrole nitrogens is 1. The first-order valence-electron chi connectivity index (χ1n) is 9.11. The third-order valence-corrected chi connectivity index (χ3v) is 5.13. The quantitative estimate of drug-likeness (QED) is 0.909. The SMILES string of the molecule is O=C([C@@H]1CCCO1)N1CCN(Cc2cn[nH]c2-c2ccc(F)cc2)CC1. The van der Waals surface area contributed by atoms with Gasteiger partial charge in [-0.3, -0.25) is 14.8 Å². The van der Waals surface area contributed by atoms with Crippen LogP contribution in [0.15, 0.2) is 30.5 Å². The molecule has 1 atom stereocenters. The van der Waals surface area contributed by atoms with Crippen molar-refractivity contribution in [3.8, 4) is 11.3 Å². The lowest BCUT2D eigenvalue weighted by Gasteiger charge is -2.35. The van der Waals surface area contributed by atoms with Crippen molar-refractivity contribution in [3.05, 3.63) is 41.8 Å². The predicted molar refractivity (Wildman–Crippen MR) is 94.8 cm³/mol. The second-order valence-electron chi connectivity index (χ2n) is 6.88. The zero-order chi connectivity index (χ0) is 17.9. The lowest BCUT2D eigenvalue weighted by molar-refractivity contribution is -0.142. The van der Waals surface area contributed by atoms with Gasteiger partial charge in [-0.15, -0.1) is 0 Å². The number of nitrogens with zero attached hydrogens (tertiary/aromatic N) is 3. The van der Waals surface area contributed by atoms with Crippen LogP contribution in [0.2, 0.25) is 0 Å². The van der Waals surface area contributed by atoms with Crippen molar-refractivity contribution in [2.45, 2.75) is 25.5 Å². The molecule has 3 heterocycles. The standard InChI is InChI=1S/C19H23FN4O2/c20-16-5-3-14(4-6-16)18-15(12-21-22-18)13-23-7-9-24(10-8-23)19(25)17-2-1-11-26-17/h3-6,12,17H,1-2,7-11,13H2,(H,21,22)/t17-/m0/s1. The lowest BCUT2D eigenvalue weighted by Crippen LogP contribution is -2.51. The van der Waals surface area contributed by atoms with Gasteiger partial charge in [-0.05, 0) is 37.1 Å². The van der Waals surface area contributed by atoms with E-state index < -0.39 is 0 Å². The molecule has 2 aromatic rings. The van der Waals surface area contributed by atoms with Gasteiger partial charge in [-0.1, -0.05) is 0 Å². The van der Waals surface area contributed by atoms with Crippen LogP contribution in [-0.2, 0) is 16.1 Å². The van der Waals surface area contributed by atoms with Crippen molar-refractivity contribution in [2.24, 2.45) is 0 Å². The zero-order valence-electron chi connectivity index (χ0n) is 14.7. The van der Waals surface area contributed by atoms with Gasteiger partial charge in [0.05, 0.1) is 11.9 Å². The van der Waals surface area contributed by atoms with Gasteiger partial charge in [0.15, 0.2) is 0 Å². The molecule has 7 heteroatoms. The molecule has 0 radical (unpaired) electrons. The summed E-state index contributed by atoms with van der Waals surface area (Å²) in [4.78, 5) is 16.7. The van der Waals surface area contributed by atoms with E-state index in [0.29, 0.717) is 6.61 Å². The Kier molecular flexibility index (Phi) is 4.99. The maximum atomic E-state index is 13.1. The molecule has 2 fully saturated rings. The Labute approximate surface area is 151 Å². The van der Waals surface area contributed by atoms with Crippen LogP contribution < -0.4 is 0 Å². The van der Waals surface area contributed by atoms with Gasteiger partial charge in [0.25, 0.3) is 5.91 Å². The number of carbonyl (C=O) groups is 1. The molecule has 2 saturated heterocycles. The van der Waals surface area contributed by atoms with E-state index in [9.17, 15) is 9.18 Å². The topological polar surface area (TPSA) is 61.5 Å². The van der Waals surface area contributed by atoms with Crippen molar-refractivity contribution < 1.29 is 13.9 Å². The minimum atomic E-state index is -0.248. The van der Waals surface area contributed by atoms with Gasteiger partial charge >= 0.3 is 0 Å². The zero-order valence-corrected chi connectivity index (χ0v) is 14.7. The summed E-state index contributed by atoms with van der Waals surface area (Å²) < 4.78 is 18.6. The molecule has 1 N–H and O–H groups in total. The Morgan fingerprint density at radius 3 is 2.69 bits per heavy atom. The number of hydrogen-bond acceptors (Lipinski definition) is 4. The number of hydrogen-bond donors (Lipinski definition) is 1. The third-order valence-electron chi connectivity index (χ3n) is 5.13. The summed E-state index contributed by atoms with van der Waals surface area (Å²) in [5, 5.41) is 7.17. The summed E-state index contributed by atoms with van der Waals surface area (Å²) >= 11 is 0. The summed E-state index contributed by atoms with van der Waals surface area (Å²) in [5.74, 6) is -0.112. The van der Waals surface area contributed by atoms with Crippen LogP contribution in [-0.4, -0.2) is 64.8 Å². The van der Waals surface area contributed by atoms with Crippen molar-refractivity contribution in [3.63, 3.8) is 0 Å². The molecule has 138 valence electrons. The average Bonchev–Trinajstić information content (AvgIpc) is 3.35. The maximum absolute atomic E-state index is 13.1. The van der Waals surface area contributed by atoms with Gasteiger partial charge in [0, 0.05) is 50.5 Å².